The van der Waals surface area contributed by atoms with E-state index in [1.165, 1.54) is 6.92 Å². The van der Waals surface area contributed by atoms with Crippen molar-refractivity contribution in [1.82, 2.24) is 10.3 Å². The molecule has 1 aromatic carbocycles. The minimum atomic E-state index is -0.166. The van der Waals surface area contributed by atoms with Crippen LogP contribution in [0.5, 0.6) is 0 Å². The van der Waals surface area contributed by atoms with Gasteiger partial charge in [-0.3, -0.25) is 9.59 Å². The summed E-state index contributed by atoms with van der Waals surface area (Å²) in [6, 6.07) is 6.62. The molecule has 1 amide bonds. The first-order chi connectivity index (χ1) is 9.06. The number of Topliss-reactive ketones (excluding diaryl/α,β-unsaturated/α-hetero) is 1. The lowest BCUT2D eigenvalue weighted by molar-refractivity contribution is 0.0948. The molecule has 0 unspecified atom stereocenters. The third-order valence-corrected chi connectivity index (χ3v) is 3.47. The van der Waals surface area contributed by atoms with Gasteiger partial charge in [0.1, 0.15) is 0 Å². The van der Waals surface area contributed by atoms with Gasteiger partial charge in [0, 0.05) is 16.5 Å². The second kappa shape index (κ2) is 5.75. The summed E-state index contributed by atoms with van der Waals surface area (Å²) in [5, 5.41) is 5.70. The van der Waals surface area contributed by atoms with Crippen molar-refractivity contribution in [3.05, 3.63) is 51.5 Å². The van der Waals surface area contributed by atoms with E-state index in [9.17, 15) is 9.59 Å². The van der Waals surface area contributed by atoms with Crippen molar-refractivity contribution in [3.8, 4) is 0 Å². The molecule has 1 aromatic heterocycles. The second-order valence-corrected chi connectivity index (χ2v) is 5.24. The number of amides is 1. The third-order valence-electron chi connectivity index (χ3n) is 2.65. The largest absolute Gasteiger partial charge is 0.346 e. The minimum Gasteiger partial charge on any atom is -0.346 e. The summed E-state index contributed by atoms with van der Waals surface area (Å²) < 4.78 is 0. The summed E-state index contributed by atoms with van der Waals surface area (Å²) in [7, 11) is 0. The fourth-order valence-electron chi connectivity index (χ4n) is 1.62. The van der Waals surface area contributed by atoms with Gasteiger partial charge in [-0.2, -0.15) is 0 Å². The van der Waals surface area contributed by atoms with Crippen molar-refractivity contribution < 1.29 is 9.59 Å². The van der Waals surface area contributed by atoms with Crippen molar-refractivity contribution in [2.24, 2.45) is 0 Å². The van der Waals surface area contributed by atoms with E-state index in [4.69, 9.17) is 0 Å². The zero-order valence-corrected chi connectivity index (χ0v) is 11.6. The number of aromatic nitrogens is 1. The molecule has 0 atom stereocenters. The molecule has 0 saturated heterocycles. The summed E-state index contributed by atoms with van der Waals surface area (Å²) in [6.07, 6.45) is 0. The van der Waals surface area contributed by atoms with Gasteiger partial charge in [0.25, 0.3) is 5.91 Å². The molecule has 0 bridgehead atoms. The van der Waals surface area contributed by atoms with Crippen molar-refractivity contribution >= 4 is 23.0 Å². The van der Waals surface area contributed by atoms with Crippen molar-refractivity contribution in [3.63, 3.8) is 0 Å². The van der Waals surface area contributed by atoms with E-state index < -0.39 is 0 Å². The van der Waals surface area contributed by atoms with Crippen LogP contribution >= 0.6 is 11.3 Å². The van der Waals surface area contributed by atoms with Crippen LogP contribution in [0.3, 0.4) is 0 Å². The van der Waals surface area contributed by atoms with Crippen LogP contribution in [0.25, 0.3) is 0 Å². The van der Waals surface area contributed by atoms with Crippen LogP contribution in [0.1, 0.15) is 38.3 Å². The van der Waals surface area contributed by atoms with Crippen molar-refractivity contribution in [2.75, 3.05) is 0 Å². The molecule has 0 aliphatic rings. The molecule has 0 spiro atoms. The van der Waals surface area contributed by atoms with Gasteiger partial charge in [-0.25, -0.2) is 4.98 Å². The Morgan fingerprint density at radius 1 is 1.21 bits per heavy atom. The smallest absolute Gasteiger partial charge is 0.251 e. The maximum atomic E-state index is 11.9. The topological polar surface area (TPSA) is 59.1 Å². The number of rotatable bonds is 4. The Balaban J connectivity index is 1.98. The SMILES string of the molecule is CC(=O)c1ccc(C(=O)NCc2csc(C)n2)cc1. The van der Waals surface area contributed by atoms with Crippen molar-refractivity contribution in [1.29, 1.82) is 0 Å². The van der Waals surface area contributed by atoms with Gasteiger partial charge in [-0.15, -0.1) is 11.3 Å². The summed E-state index contributed by atoms with van der Waals surface area (Å²) in [4.78, 5) is 27.3. The number of thiazole rings is 1. The maximum absolute atomic E-state index is 11.9. The standard InChI is InChI=1S/C14H14N2O2S/c1-9(17)11-3-5-12(6-4-11)14(18)15-7-13-8-19-10(2)16-13/h3-6,8H,7H2,1-2H3,(H,15,18). The molecule has 19 heavy (non-hydrogen) atoms. The molecule has 98 valence electrons. The van der Waals surface area contributed by atoms with E-state index >= 15 is 0 Å². The predicted octanol–water partition coefficient (Wildman–Crippen LogP) is 2.58. The minimum absolute atomic E-state index is 0.00935. The first kappa shape index (κ1) is 13.4. The predicted molar refractivity (Wildman–Crippen MR) is 74.5 cm³/mol. The molecule has 1 heterocycles. The Bertz CT molecular complexity index is 602. The quantitative estimate of drug-likeness (QED) is 0.872. The summed E-state index contributed by atoms with van der Waals surface area (Å²) in [6.45, 7) is 3.84. The fraction of sp³-hybridized carbons (Fsp3) is 0.214. The number of carbonyl (C=O) groups is 2. The highest BCUT2D eigenvalue weighted by Gasteiger charge is 2.07. The highest BCUT2D eigenvalue weighted by molar-refractivity contribution is 7.09. The zero-order chi connectivity index (χ0) is 13.8. The molecule has 0 radical (unpaired) electrons. The van der Waals surface area contributed by atoms with Crippen LogP contribution in [0.4, 0.5) is 0 Å². The highest BCUT2D eigenvalue weighted by Crippen LogP contribution is 2.08. The lowest BCUT2D eigenvalue weighted by Gasteiger charge is -2.04. The summed E-state index contributed by atoms with van der Waals surface area (Å²) in [5.41, 5.74) is 2.00. The maximum Gasteiger partial charge on any atom is 0.251 e. The molecule has 2 aromatic rings. The number of carbonyl (C=O) groups excluding carboxylic acids is 2. The highest BCUT2D eigenvalue weighted by atomic mass is 32.1. The van der Waals surface area contributed by atoms with Gasteiger partial charge < -0.3 is 5.32 Å². The zero-order valence-electron chi connectivity index (χ0n) is 10.8. The molecule has 0 fully saturated rings. The van der Waals surface area contributed by atoms with Crippen LogP contribution in [0.15, 0.2) is 29.6 Å². The van der Waals surface area contributed by atoms with Crippen LogP contribution in [0, 0.1) is 6.92 Å². The van der Waals surface area contributed by atoms with Crippen LogP contribution in [-0.2, 0) is 6.54 Å². The monoisotopic (exact) mass is 274 g/mol. The molecule has 0 aliphatic carbocycles. The molecule has 1 N–H and O–H groups in total. The lowest BCUT2D eigenvalue weighted by Crippen LogP contribution is -2.22. The van der Waals surface area contributed by atoms with E-state index in [1.807, 2.05) is 12.3 Å². The van der Waals surface area contributed by atoms with E-state index in [-0.39, 0.29) is 11.7 Å². The number of nitrogens with one attached hydrogen (secondary N) is 1. The molecule has 2 rings (SSSR count). The summed E-state index contributed by atoms with van der Waals surface area (Å²) >= 11 is 1.56. The fourth-order valence-corrected chi connectivity index (χ4v) is 2.23. The number of nitrogens with zero attached hydrogens (tertiary/aromatic N) is 1. The summed E-state index contributed by atoms with van der Waals surface area (Å²) in [5.74, 6) is -0.175. The molecular weight excluding hydrogens is 260 g/mol. The van der Waals surface area contributed by atoms with Gasteiger partial charge >= 0.3 is 0 Å². The molecule has 0 aliphatic heterocycles. The first-order valence-corrected chi connectivity index (χ1v) is 6.74. The molecule has 0 saturated carbocycles. The average molecular weight is 274 g/mol. The second-order valence-electron chi connectivity index (χ2n) is 4.17. The van der Waals surface area contributed by atoms with Crippen LogP contribution in [0.2, 0.25) is 0 Å². The number of benzene rings is 1. The van der Waals surface area contributed by atoms with E-state index in [0.29, 0.717) is 17.7 Å². The van der Waals surface area contributed by atoms with Gasteiger partial charge in [-0.05, 0) is 26.0 Å². The van der Waals surface area contributed by atoms with Crippen molar-refractivity contribution in [2.45, 2.75) is 20.4 Å². The molecule has 4 nitrogen and oxygen atoms in total. The average Bonchev–Trinajstić information content (AvgIpc) is 2.82. The molecule has 5 heteroatoms. The number of ketones is 1. The Morgan fingerprint density at radius 2 is 1.84 bits per heavy atom. The Hall–Kier alpha value is -2.01. The Labute approximate surface area is 115 Å². The number of hydrogen-bond acceptors (Lipinski definition) is 4. The van der Waals surface area contributed by atoms with Gasteiger partial charge in [0.2, 0.25) is 0 Å². The third kappa shape index (κ3) is 3.48. The van der Waals surface area contributed by atoms with E-state index in [2.05, 4.69) is 10.3 Å². The van der Waals surface area contributed by atoms with E-state index in [0.717, 1.165) is 10.7 Å². The Kier molecular flexibility index (Phi) is 4.06. The Morgan fingerprint density at radius 3 is 2.37 bits per heavy atom. The first-order valence-electron chi connectivity index (χ1n) is 5.86. The number of hydrogen-bond donors (Lipinski definition) is 1. The van der Waals surface area contributed by atoms with Gasteiger partial charge in [-0.1, -0.05) is 12.1 Å². The normalized spacial score (nSPS) is 10.2. The van der Waals surface area contributed by atoms with E-state index in [1.54, 1.807) is 35.6 Å². The van der Waals surface area contributed by atoms with Gasteiger partial charge in [0.15, 0.2) is 5.78 Å². The molecular formula is C14H14N2O2S. The lowest BCUT2D eigenvalue weighted by atomic mass is 10.1. The van der Waals surface area contributed by atoms with Crippen LogP contribution < -0.4 is 5.32 Å². The number of aryl methyl sites for hydroxylation is 1. The van der Waals surface area contributed by atoms with Crippen LogP contribution in [-0.4, -0.2) is 16.7 Å². The van der Waals surface area contributed by atoms with Gasteiger partial charge in [0.05, 0.1) is 17.2 Å².